The Kier molecular flexibility index (Phi) is 5.70. The molecule has 0 saturated carbocycles. The van der Waals surface area contributed by atoms with Crippen LogP contribution in [0.1, 0.15) is 28.8 Å². The van der Waals surface area contributed by atoms with E-state index in [1.54, 1.807) is 30.1 Å². The van der Waals surface area contributed by atoms with Gasteiger partial charge in [0.15, 0.2) is 0 Å². The average Bonchev–Trinajstić information content (AvgIpc) is 3.05. The van der Waals surface area contributed by atoms with Gasteiger partial charge in [0.25, 0.3) is 5.91 Å². The third-order valence-corrected chi connectivity index (χ3v) is 5.75. The van der Waals surface area contributed by atoms with Crippen molar-refractivity contribution in [3.8, 4) is 0 Å². The number of aromatic nitrogens is 2. The third kappa shape index (κ3) is 4.69. The van der Waals surface area contributed by atoms with Gasteiger partial charge in [0.2, 0.25) is 10.0 Å². The van der Waals surface area contributed by atoms with Gasteiger partial charge in [0.05, 0.1) is 11.1 Å². The number of piperidine rings is 1. The molecular formula is C17H23N5O3S. The molecule has 1 aromatic carbocycles. The second kappa shape index (κ2) is 7.98. The fourth-order valence-electron chi connectivity index (χ4n) is 2.89. The molecule has 2 heterocycles. The Balaban J connectivity index is 1.67. The Hall–Kier alpha value is -2.23. The SMILES string of the molecule is Cn1cc(CNC(=O)c2cccc(S(=O)(=O)N[C@H]3CCCNC3)c2)cn1. The maximum absolute atomic E-state index is 12.6. The highest BCUT2D eigenvalue weighted by molar-refractivity contribution is 7.89. The summed E-state index contributed by atoms with van der Waals surface area (Å²) in [6, 6.07) is 5.94. The zero-order valence-corrected chi connectivity index (χ0v) is 15.4. The quantitative estimate of drug-likeness (QED) is 0.675. The van der Waals surface area contributed by atoms with E-state index in [1.165, 1.54) is 12.1 Å². The van der Waals surface area contributed by atoms with Gasteiger partial charge in [0, 0.05) is 43.5 Å². The maximum Gasteiger partial charge on any atom is 0.251 e. The highest BCUT2D eigenvalue weighted by atomic mass is 32.2. The molecule has 0 spiro atoms. The number of carbonyl (C=O) groups excluding carboxylic acids is 1. The molecule has 9 heteroatoms. The normalized spacial score (nSPS) is 17.8. The number of nitrogens with one attached hydrogen (secondary N) is 3. The van der Waals surface area contributed by atoms with Gasteiger partial charge in [-0.15, -0.1) is 0 Å². The van der Waals surface area contributed by atoms with E-state index in [2.05, 4.69) is 20.5 Å². The fraction of sp³-hybridized carbons (Fsp3) is 0.412. The van der Waals surface area contributed by atoms with Crippen LogP contribution in [0.4, 0.5) is 0 Å². The first kappa shape index (κ1) is 18.6. The molecule has 0 aliphatic carbocycles. The summed E-state index contributed by atoms with van der Waals surface area (Å²) >= 11 is 0. The van der Waals surface area contributed by atoms with Crippen LogP contribution < -0.4 is 15.4 Å². The lowest BCUT2D eigenvalue weighted by atomic mass is 10.1. The van der Waals surface area contributed by atoms with Crippen molar-refractivity contribution in [2.24, 2.45) is 7.05 Å². The van der Waals surface area contributed by atoms with Crippen LogP contribution in [-0.4, -0.2) is 43.2 Å². The Labute approximate surface area is 153 Å². The van der Waals surface area contributed by atoms with Gasteiger partial charge < -0.3 is 10.6 Å². The van der Waals surface area contributed by atoms with E-state index in [0.29, 0.717) is 18.7 Å². The molecule has 1 fully saturated rings. The van der Waals surface area contributed by atoms with Crippen LogP contribution in [0.15, 0.2) is 41.6 Å². The van der Waals surface area contributed by atoms with E-state index in [9.17, 15) is 13.2 Å². The first-order valence-corrected chi connectivity index (χ1v) is 10.0. The van der Waals surface area contributed by atoms with Crippen LogP contribution in [0.25, 0.3) is 0 Å². The largest absolute Gasteiger partial charge is 0.348 e. The van der Waals surface area contributed by atoms with Crippen LogP contribution in [0.3, 0.4) is 0 Å². The summed E-state index contributed by atoms with van der Waals surface area (Å²) in [5.41, 5.74) is 1.18. The summed E-state index contributed by atoms with van der Waals surface area (Å²) < 4.78 is 29.5. The first-order valence-electron chi connectivity index (χ1n) is 8.53. The first-order chi connectivity index (χ1) is 12.4. The lowest BCUT2D eigenvalue weighted by Crippen LogP contribution is -2.45. The van der Waals surface area contributed by atoms with Gasteiger partial charge in [-0.25, -0.2) is 13.1 Å². The number of carbonyl (C=O) groups is 1. The Bertz CT molecular complexity index is 872. The fourth-order valence-corrected chi connectivity index (χ4v) is 4.21. The number of rotatable bonds is 6. The van der Waals surface area contributed by atoms with Crippen molar-refractivity contribution in [1.82, 2.24) is 25.1 Å². The van der Waals surface area contributed by atoms with Crippen molar-refractivity contribution in [1.29, 1.82) is 0 Å². The topological polar surface area (TPSA) is 105 Å². The molecule has 0 bridgehead atoms. The molecule has 8 nitrogen and oxygen atoms in total. The van der Waals surface area contributed by atoms with Gasteiger partial charge in [0.1, 0.15) is 0 Å². The summed E-state index contributed by atoms with van der Waals surface area (Å²) in [6.45, 7) is 1.85. The second-order valence-electron chi connectivity index (χ2n) is 6.40. The minimum atomic E-state index is -3.66. The summed E-state index contributed by atoms with van der Waals surface area (Å²) in [5.74, 6) is -0.328. The van der Waals surface area contributed by atoms with Gasteiger partial charge in [-0.05, 0) is 37.6 Å². The van der Waals surface area contributed by atoms with E-state index in [4.69, 9.17) is 0 Å². The number of nitrogens with zero attached hydrogens (tertiary/aromatic N) is 2. The molecule has 1 amide bonds. The Morgan fingerprint density at radius 2 is 2.27 bits per heavy atom. The van der Waals surface area contributed by atoms with E-state index in [0.717, 1.165) is 24.9 Å². The van der Waals surface area contributed by atoms with Crippen LogP contribution in [-0.2, 0) is 23.6 Å². The van der Waals surface area contributed by atoms with Crippen molar-refractivity contribution in [3.63, 3.8) is 0 Å². The molecule has 3 N–H and O–H groups in total. The Morgan fingerprint density at radius 3 is 2.96 bits per heavy atom. The van der Waals surface area contributed by atoms with Crippen LogP contribution in [0.5, 0.6) is 0 Å². The lowest BCUT2D eigenvalue weighted by molar-refractivity contribution is 0.0950. The molecule has 1 aliphatic rings. The van der Waals surface area contributed by atoms with Gasteiger partial charge in [-0.1, -0.05) is 6.07 Å². The van der Waals surface area contributed by atoms with Gasteiger partial charge in [-0.3, -0.25) is 9.48 Å². The third-order valence-electron chi connectivity index (χ3n) is 4.24. The summed E-state index contributed by atoms with van der Waals surface area (Å²) in [4.78, 5) is 12.4. The highest BCUT2D eigenvalue weighted by Gasteiger charge is 2.22. The molecule has 1 aromatic heterocycles. The van der Waals surface area contributed by atoms with Crippen molar-refractivity contribution >= 4 is 15.9 Å². The van der Waals surface area contributed by atoms with E-state index >= 15 is 0 Å². The number of amides is 1. The minimum Gasteiger partial charge on any atom is -0.348 e. The molecule has 0 radical (unpaired) electrons. The van der Waals surface area contributed by atoms with E-state index in [1.807, 2.05) is 6.20 Å². The molecule has 1 aliphatic heterocycles. The van der Waals surface area contributed by atoms with Gasteiger partial charge >= 0.3 is 0 Å². The second-order valence-corrected chi connectivity index (χ2v) is 8.11. The predicted octanol–water partition coefficient (Wildman–Crippen LogP) is 0.380. The number of hydrogen-bond acceptors (Lipinski definition) is 5. The van der Waals surface area contributed by atoms with Crippen molar-refractivity contribution in [2.45, 2.75) is 30.3 Å². The van der Waals surface area contributed by atoms with Crippen LogP contribution >= 0.6 is 0 Å². The Morgan fingerprint density at radius 1 is 1.42 bits per heavy atom. The molecule has 140 valence electrons. The molecule has 2 aromatic rings. The molecular weight excluding hydrogens is 354 g/mol. The van der Waals surface area contributed by atoms with Crippen molar-refractivity contribution in [2.75, 3.05) is 13.1 Å². The van der Waals surface area contributed by atoms with E-state index in [-0.39, 0.29) is 16.8 Å². The number of benzene rings is 1. The molecule has 0 unspecified atom stereocenters. The minimum absolute atomic E-state index is 0.0945. The molecule has 1 saturated heterocycles. The van der Waals surface area contributed by atoms with Crippen molar-refractivity contribution in [3.05, 3.63) is 47.8 Å². The summed E-state index contributed by atoms with van der Waals surface area (Å²) in [7, 11) is -1.86. The predicted molar refractivity (Wildman–Crippen MR) is 97.0 cm³/mol. The van der Waals surface area contributed by atoms with Gasteiger partial charge in [-0.2, -0.15) is 5.10 Å². The molecule has 3 rings (SSSR count). The summed E-state index contributed by atoms with van der Waals surface area (Å²) in [6.07, 6.45) is 5.22. The molecule has 26 heavy (non-hydrogen) atoms. The smallest absolute Gasteiger partial charge is 0.251 e. The number of hydrogen-bond donors (Lipinski definition) is 3. The zero-order chi connectivity index (χ0) is 18.6. The standard InChI is InChI=1S/C17H23N5O3S/c1-22-12-13(10-20-22)9-19-17(23)14-4-2-6-16(8-14)26(24,25)21-15-5-3-7-18-11-15/h2,4,6,8,10,12,15,18,21H,3,5,7,9,11H2,1H3,(H,19,23)/t15-/m0/s1. The highest BCUT2D eigenvalue weighted by Crippen LogP contribution is 2.14. The lowest BCUT2D eigenvalue weighted by Gasteiger charge is -2.23. The average molecular weight is 377 g/mol. The zero-order valence-electron chi connectivity index (χ0n) is 14.6. The van der Waals surface area contributed by atoms with Crippen LogP contribution in [0, 0.1) is 0 Å². The van der Waals surface area contributed by atoms with Crippen molar-refractivity contribution < 1.29 is 13.2 Å². The monoisotopic (exact) mass is 377 g/mol. The van der Waals surface area contributed by atoms with Crippen LogP contribution in [0.2, 0.25) is 0 Å². The maximum atomic E-state index is 12.6. The number of aryl methyl sites for hydroxylation is 1. The number of sulfonamides is 1. The summed E-state index contributed by atoms with van der Waals surface area (Å²) in [5, 5.41) is 9.99. The van der Waals surface area contributed by atoms with E-state index < -0.39 is 10.0 Å². The molecule has 1 atom stereocenters.